The first-order valence-corrected chi connectivity index (χ1v) is 8.51. The van der Waals surface area contributed by atoms with Gasteiger partial charge in [0, 0.05) is 23.6 Å². The van der Waals surface area contributed by atoms with Crippen LogP contribution in [0.1, 0.15) is 22.4 Å². The van der Waals surface area contributed by atoms with Gasteiger partial charge < -0.3 is 10.1 Å². The first-order valence-electron chi connectivity index (χ1n) is 7.70. The molecule has 1 N–H and O–H groups in total. The van der Waals surface area contributed by atoms with E-state index in [0.717, 1.165) is 15.4 Å². The second-order valence-electron chi connectivity index (χ2n) is 5.12. The summed E-state index contributed by atoms with van der Waals surface area (Å²) in [6.07, 6.45) is 5.18. The van der Waals surface area contributed by atoms with Crippen LogP contribution in [0.2, 0.25) is 0 Å². The second-order valence-corrected chi connectivity index (χ2v) is 6.38. The predicted molar refractivity (Wildman–Crippen MR) is 94.6 cm³/mol. The number of rotatable bonds is 7. The third kappa shape index (κ3) is 5.62. The van der Waals surface area contributed by atoms with Crippen LogP contribution in [0, 0.1) is 6.92 Å². The minimum atomic E-state index is -0.715. The SMILES string of the molecule is CCOC(=O)[C@H](Cc1ccccc1)NC(=O)/C=C/c1cnc(C)s1. The van der Waals surface area contributed by atoms with Crippen LogP contribution in [0.15, 0.2) is 42.6 Å². The summed E-state index contributed by atoms with van der Waals surface area (Å²) in [6, 6.07) is 8.80. The third-order valence-corrected chi connectivity index (χ3v) is 4.09. The van der Waals surface area contributed by atoms with E-state index in [1.807, 2.05) is 37.3 Å². The fourth-order valence-corrected chi connectivity index (χ4v) is 2.81. The molecule has 0 saturated carbocycles. The highest BCUT2D eigenvalue weighted by molar-refractivity contribution is 7.12. The predicted octanol–water partition coefficient (Wildman–Crippen LogP) is 2.76. The van der Waals surface area contributed by atoms with Gasteiger partial charge in [0.05, 0.1) is 11.6 Å². The van der Waals surface area contributed by atoms with E-state index >= 15 is 0 Å². The summed E-state index contributed by atoms with van der Waals surface area (Å²) in [6.45, 7) is 3.92. The Labute approximate surface area is 145 Å². The van der Waals surface area contributed by atoms with E-state index in [-0.39, 0.29) is 12.5 Å². The van der Waals surface area contributed by atoms with E-state index < -0.39 is 12.0 Å². The number of ether oxygens (including phenoxy) is 1. The molecule has 5 nitrogen and oxygen atoms in total. The van der Waals surface area contributed by atoms with Crippen LogP contribution in [-0.2, 0) is 20.7 Å². The number of hydrogen-bond acceptors (Lipinski definition) is 5. The molecule has 0 radical (unpaired) electrons. The highest BCUT2D eigenvalue weighted by atomic mass is 32.1. The number of thiazole rings is 1. The molecule has 0 saturated heterocycles. The average molecular weight is 344 g/mol. The van der Waals surface area contributed by atoms with Crippen molar-refractivity contribution in [2.24, 2.45) is 0 Å². The average Bonchev–Trinajstić information content (AvgIpc) is 2.99. The number of esters is 1. The molecule has 24 heavy (non-hydrogen) atoms. The van der Waals surface area contributed by atoms with E-state index in [9.17, 15) is 9.59 Å². The molecule has 0 spiro atoms. The molecule has 1 aromatic heterocycles. The summed E-state index contributed by atoms with van der Waals surface area (Å²) in [5.74, 6) is -0.772. The summed E-state index contributed by atoms with van der Waals surface area (Å²) in [7, 11) is 0. The molecule has 0 unspecified atom stereocenters. The molecule has 1 aromatic carbocycles. The molecular weight excluding hydrogens is 324 g/mol. The molecular formula is C18H20N2O3S. The third-order valence-electron chi connectivity index (χ3n) is 3.21. The number of nitrogens with one attached hydrogen (secondary N) is 1. The van der Waals surface area contributed by atoms with Crippen LogP contribution in [0.4, 0.5) is 0 Å². The van der Waals surface area contributed by atoms with Gasteiger partial charge in [0.25, 0.3) is 0 Å². The van der Waals surface area contributed by atoms with Crippen molar-refractivity contribution in [2.45, 2.75) is 26.3 Å². The van der Waals surface area contributed by atoms with Crippen molar-refractivity contribution >= 4 is 29.3 Å². The van der Waals surface area contributed by atoms with Crippen molar-refractivity contribution in [3.8, 4) is 0 Å². The highest BCUT2D eigenvalue weighted by Gasteiger charge is 2.21. The Balaban J connectivity index is 2.02. The fourth-order valence-electron chi connectivity index (χ4n) is 2.12. The zero-order valence-electron chi connectivity index (χ0n) is 13.7. The Morgan fingerprint density at radius 1 is 1.33 bits per heavy atom. The largest absolute Gasteiger partial charge is 0.464 e. The summed E-state index contributed by atoms with van der Waals surface area (Å²) >= 11 is 1.50. The maximum atomic E-state index is 12.1. The highest BCUT2D eigenvalue weighted by Crippen LogP contribution is 2.13. The van der Waals surface area contributed by atoms with E-state index in [2.05, 4.69) is 10.3 Å². The van der Waals surface area contributed by atoms with Gasteiger partial charge in [-0.1, -0.05) is 30.3 Å². The Morgan fingerprint density at radius 2 is 2.08 bits per heavy atom. The molecule has 1 amide bonds. The first kappa shape index (κ1) is 17.9. The van der Waals surface area contributed by atoms with E-state index in [4.69, 9.17) is 4.74 Å². The van der Waals surface area contributed by atoms with Crippen LogP contribution >= 0.6 is 11.3 Å². The first-order chi connectivity index (χ1) is 11.6. The van der Waals surface area contributed by atoms with E-state index in [1.54, 1.807) is 19.2 Å². The molecule has 6 heteroatoms. The number of aromatic nitrogens is 1. The summed E-state index contributed by atoms with van der Waals surface area (Å²) in [5.41, 5.74) is 0.956. The Morgan fingerprint density at radius 3 is 2.71 bits per heavy atom. The maximum Gasteiger partial charge on any atom is 0.328 e. The molecule has 126 valence electrons. The van der Waals surface area contributed by atoms with Gasteiger partial charge in [0.15, 0.2) is 0 Å². The van der Waals surface area contributed by atoms with E-state index in [1.165, 1.54) is 17.4 Å². The van der Waals surface area contributed by atoms with Crippen LogP contribution in [0.3, 0.4) is 0 Å². The summed E-state index contributed by atoms with van der Waals surface area (Å²) in [5, 5.41) is 3.64. The second kappa shape index (κ2) is 8.98. The molecule has 0 aliphatic heterocycles. The van der Waals surface area contributed by atoms with Gasteiger partial charge in [-0.05, 0) is 25.5 Å². The minimum Gasteiger partial charge on any atom is -0.464 e. The molecule has 0 aliphatic rings. The van der Waals surface area contributed by atoms with Crippen molar-refractivity contribution in [3.63, 3.8) is 0 Å². The van der Waals surface area contributed by atoms with Gasteiger partial charge in [-0.3, -0.25) is 4.79 Å². The lowest BCUT2D eigenvalue weighted by Gasteiger charge is -2.16. The van der Waals surface area contributed by atoms with Crippen molar-refractivity contribution in [3.05, 3.63) is 58.1 Å². The van der Waals surface area contributed by atoms with Gasteiger partial charge >= 0.3 is 5.97 Å². The van der Waals surface area contributed by atoms with Crippen LogP contribution in [-0.4, -0.2) is 29.5 Å². The summed E-state index contributed by atoms with van der Waals surface area (Å²) < 4.78 is 5.06. The molecule has 1 atom stereocenters. The van der Waals surface area contributed by atoms with Crippen LogP contribution < -0.4 is 5.32 Å². The van der Waals surface area contributed by atoms with Gasteiger partial charge in [0.2, 0.25) is 5.91 Å². The zero-order valence-corrected chi connectivity index (χ0v) is 14.5. The number of aryl methyl sites for hydroxylation is 1. The normalized spacial score (nSPS) is 12.1. The zero-order chi connectivity index (χ0) is 17.4. The quantitative estimate of drug-likeness (QED) is 0.619. The topological polar surface area (TPSA) is 68.3 Å². The number of nitrogens with zero attached hydrogens (tertiary/aromatic N) is 1. The Hall–Kier alpha value is -2.47. The lowest BCUT2D eigenvalue weighted by Crippen LogP contribution is -2.42. The van der Waals surface area contributed by atoms with Gasteiger partial charge in [0.1, 0.15) is 6.04 Å². The lowest BCUT2D eigenvalue weighted by molar-refractivity contribution is -0.146. The van der Waals surface area contributed by atoms with E-state index in [0.29, 0.717) is 6.42 Å². The van der Waals surface area contributed by atoms with Crippen molar-refractivity contribution in [1.82, 2.24) is 10.3 Å². The monoisotopic (exact) mass is 344 g/mol. The lowest BCUT2D eigenvalue weighted by atomic mass is 10.1. The molecule has 2 aromatic rings. The van der Waals surface area contributed by atoms with Gasteiger partial charge in [-0.2, -0.15) is 0 Å². The maximum absolute atomic E-state index is 12.1. The summed E-state index contributed by atoms with van der Waals surface area (Å²) in [4.78, 5) is 29.2. The number of carbonyl (C=O) groups excluding carboxylic acids is 2. The number of amides is 1. The van der Waals surface area contributed by atoms with Crippen molar-refractivity contribution < 1.29 is 14.3 Å². The molecule has 0 bridgehead atoms. The molecule has 0 aliphatic carbocycles. The number of hydrogen-bond donors (Lipinski definition) is 1. The minimum absolute atomic E-state index is 0.274. The fraction of sp³-hybridized carbons (Fsp3) is 0.278. The standard InChI is InChI=1S/C18H20N2O3S/c1-3-23-18(22)16(11-14-7-5-4-6-8-14)20-17(21)10-9-15-12-19-13(2)24-15/h4-10,12,16H,3,11H2,1-2H3,(H,20,21)/b10-9+/t16-/m0/s1. The molecule has 0 fully saturated rings. The smallest absolute Gasteiger partial charge is 0.328 e. The van der Waals surface area contributed by atoms with Crippen molar-refractivity contribution in [1.29, 1.82) is 0 Å². The Kier molecular flexibility index (Phi) is 6.69. The number of carbonyl (C=O) groups is 2. The number of benzene rings is 1. The van der Waals surface area contributed by atoms with Gasteiger partial charge in [-0.15, -0.1) is 11.3 Å². The van der Waals surface area contributed by atoms with Gasteiger partial charge in [-0.25, -0.2) is 9.78 Å². The Bertz CT molecular complexity index is 710. The molecule has 1 heterocycles. The van der Waals surface area contributed by atoms with Crippen molar-refractivity contribution in [2.75, 3.05) is 6.61 Å². The van der Waals surface area contributed by atoms with Crippen LogP contribution in [0.25, 0.3) is 6.08 Å². The van der Waals surface area contributed by atoms with Crippen LogP contribution in [0.5, 0.6) is 0 Å². The molecule has 2 rings (SSSR count).